The van der Waals surface area contributed by atoms with Gasteiger partial charge >= 0.3 is 0 Å². The number of nitrogens with zero attached hydrogens (tertiary/aromatic N) is 2. The first kappa shape index (κ1) is 21.0. The van der Waals surface area contributed by atoms with E-state index < -0.39 is 0 Å². The van der Waals surface area contributed by atoms with Crippen molar-refractivity contribution in [2.24, 2.45) is 10.9 Å². The third-order valence-electron chi connectivity index (χ3n) is 4.86. The number of likely N-dealkylation sites (tertiary alicyclic amines) is 1. The number of guanidine groups is 1. The highest BCUT2D eigenvalue weighted by Gasteiger charge is 2.34. The lowest BCUT2D eigenvalue weighted by Gasteiger charge is -2.18. The first-order chi connectivity index (χ1) is 10.7. The second kappa shape index (κ2) is 11.5. The van der Waals surface area contributed by atoms with Gasteiger partial charge in [-0.1, -0.05) is 26.2 Å². The van der Waals surface area contributed by atoms with Crippen LogP contribution in [0.1, 0.15) is 65.7 Å². The Morgan fingerprint density at radius 1 is 1.22 bits per heavy atom. The SMILES string of the molecule is CCCCCC(C)NC(=NCC1CCN(C2CC2)C1)NCC.I. The molecule has 1 saturated heterocycles. The van der Waals surface area contributed by atoms with Gasteiger partial charge in [0.25, 0.3) is 0 Å². The third-order valence-corrected chi connectivity index (χ3v) is 4.86. The Morgan fingerprint density at radius 3 is 2.65 bits per heavy atom. The average Bonchev–Trinajstić information content (AvgIpc) is 3.24. The molecular formula is C18H37IN4. The van der Waals surface area contributed by atoms with Crippen molar-refractivity contribution >= 4 is 29.9 Å². The fraction of sp³-hybridized carbons (Fsp3) is 0.944. The summed E-state index contributed by atoms with van der Waals surface area (Å²) >= 11 is 0. The van der Waals surface area contributed by atoms with Crippen molar-refractivity contribution in [1.29, 1.82) is 0 Å². The molecule has 23 heavy (non-hydrogen) atoms. The van der Waals surface area contributed by atoms with Gasteiger partial charge in [0.2, 0.25) is 0 Å². The van der Waals surface area contributed by atoms with Gasteiger partial charge in [0.05, 0.1) is 0 Å². The zero-order valence-electron chi connectivity index (χ0n) is 15.3. The third kappa shape index (κ3) is 8.05. The number of rotatable bonds is 9. The summed E-state index contributed by atoms with van der Waals surface area (Å²) in [5, 5.41) is 6.97. The molecule has 2 rings (SSSR count). The summed E-state index contributed by atoms with van der Waals surface area (Å²) in [5.41, 5.74) is 0. The van der Waals surface area contributed by atoms with Crippen LogP contribution in [-0.4, -0.2) is 49.1 Å². The van der Waals surface area contributed by atoms with Crippen LogP contribution in [-0.2, 0) is 0 Å². The molecule has 0 spiro atoms. The molecule has 1 heterocycles. The zero-order chi connectivity index (χ0) is 15.8. The molecule has 1 aliphatic carbocycles. The van der Waals surface area contributed by atoms with E-state index in [1.165, 1.54) is 58.0 Å². The molecule has 4 nitrogen and oxygen atoms in total. The van der Waals surface area contributed by atoms with Crippen molar-refractivity contribution in [2.45, 2.75) is 77.8 Å². The largest absolute Gasteiger partial charge is 0.357 e. The summed E-state index contributed by atoms with van der Waals surface area (Å²) in [6.07, 6.45) is 9.34. The molecule has 0 radical (unpaired) electrons. The van der Waals surface area contributed by atoms with Crippen LogP contribution in [0.4, 0.5) is 0 Å². The minimum absolute atomic E-state index is 0. The van der Waals surface area contributed by atoms with Crippen molar-refractivity contribution in [3.63, 3.8) is 0 Å². The lowest BCUT2D eigenvalue weighted by atomic mass is 10.1. The van der Waals surface area contributed by atoms with Crippen molar-refractivity contribution in [1.82, 2.24) is 15.5 Å². The monoisotopic (exact) mass is 436 g/mol. The fourth-order valence-corrected chi connectivity index (χ4v) is 3.33. The second-order valence-electron chi connectivity index (χ2n) is 7.14. The van der Waals surface area contributed by atoms with Gasteiger partial charge in [0.1, 0.15) is 0 Å². The van der Waals surface area contributed by atoms with Gasteiger partial charge in [-0.3, -0.25) is 4.99 Å². The summed E-state index contributed by atoms with van der Waals surface area (Å²) < 4.78 is 0. The molecule has 0 aromatic rings. The topological polar surface area (TPSA) is 39.7 Å². The standard InChI is InChI=1S/C18H36N4.HI/c1-4-6-7-8-15(3)21-18(19-5-2)20-13-16-11-12-22(14-16)17-9-10-17;/h15-17H,4-14H2,1-3H3,(H2,19,20,21);1H. The number of hydrogen-bond acceptors (Lipinski definition) is 2. The van der Waals surface area contributed by atoms with Gasteiger partial charge in [-0.2, -0.15) is 0 Å². The van der Waals surface area contributed by atoms with Gasteiger partial charge < -0.3 is 15.5 Å². The predicted molar refractivity (Wildman–Crippen MR) is 111 cm³/mol. The summed E-state index contributed by atoms with van der Waals surface area (Å²) in [5.74, 6) is 1.77. The van der Waals surface area contributed by atoms with Crippen molar-refractivity contribution in [3.8, 4) is 0 Å². The van der Waals surface area contributed by atoms with E-state index in [-0.39, 0.29) is 24.0 Å². The van der Waals surface area contributed by atoms with Crippen molar-refractivity contribution in [2.75, 3.05) is 26.2 Å². The summed E-state index contributed by atoms with van der Waals surface area (Å²) in [6.45, 7) is 11.1. The van der Waals surface area contributed by atoms with Gasteiger partial charge in [-0.25, -0.2) is 0 Å². The number of hydrogen-bond donors (Lipinski definition) is 2. The zero-order valence-corrected chi connectivity index (χ0v) is 17.6. The molecule has 1 aliphatic heterocycles. The molecule has 2 N–H and O–H groups in total. The van der Waals surface area contributed by atoms with Crippen molar-refractivity contribution < 1.29 is 0 Å². The average molecular weight is 436 g/mol. The van der Waals surface area contributed by atoms with E-state index in [9.17, 15) is 0 Å². The second-order valence-corrected chi connectivity index (χ2v) is 7.14. The van der Waals surface area contributed by atoms with Gasteiger partial charge in [-0.15, -0.1) is 24.0 Å². The minimum Gasteiger partial charge on any atom is -0.357 e. The smallest absolute Gasteiger partial charge is 0.191 e. The van der Waals surface area contributed by atoms with Crippen LogP contribution in [0.15, 0.2) is 4.99 Å². The quantitative estimate of drug-likeness (QED) is 0.251. The Kier molecular flexibility index (Phi) is 10.5. The first-order valence-electron chi connectivity index (χ1n) is 9.51. The van der Waals surface area contributed by atoms with Crippen molar-refractivity contribution in [3.05, 3.63) is 0 Å². The maximum atomic E-state index is 4.85. The van der Waals surface area contributed by atoms with E-state index in [1.807, 2.05) is 0 Å². The Bertz CT molecular complexity index is 344. The number of nitrogens with one attached hydrogen (secondary N) is 2. The van der Waals surface area contributed by atoms with Gasteiger partial charge in [0, 0.05) is 31.7 Å². The lowest BCUT2D eigenvalue weighted by Crippen LogP contribution is -2.42. The van der Waals surface area contributed by atoms with Crippen LogP contribution in [0.3, 0.4) is 0 Å². The molecule has 0 aromatic heterocycles. The van der Waals surface area contributed by atoms with Gasteiger partial charge in [-0.05, 0) is 52.0 Å². The Labute approximate surface area is 160 Å². The maximum absolute atomic E-state index is 4.85. The molecule has 2 unspecified atom stereocenters. The van der Waals surface area contributed by atoms with E-state index in [4.69, 9.17) is 4.99 Å². The molecule has 0 bridgehead atoms. The van der Waals surface area contributed by atoms with Crippen LogP contribution >= 0.6 is 24.0 Å². The molecule has 5 heteroatoms. The maximum Gasteiger partial charge on any atom is 0.191 e. The summed E-state index contributed by atoms with van der Waals surface area (Å²) in [7, 11) is 0. The predicted octanol–water partition coefficient (Wildman–Crippen LogP) is 3.61. The normalized spacial score (nSPS) is 23.4. The summed E-state index contributed by atoms with van der Waals surface area (Å²) in [4.78, 5) is 7.52. The van der Waals surface area contributed by atoms with E-state index in [0.29, 0.717) is 6.04 Å². The van der Waals surface area contributed by atoms with Gasteiger partial charge in [0.15, 0.2) is 5.96 Å². The molecule has 0 amide bonds. The van der Waals surface area contributed by atoms with E-state index >= 15 is 0 Å². The van der Waals surface area contributed by atoms with Crippen LogP contribution in [0, 0.1) is 5.92 Å². The summed E-state index contributed by atoms with van der Waals surface area (Å²) in [6, 6.07) is 1.43. The molecular weight excluding hydrogens is 399 g/mol. The highest BCUT2D eigenvalue weighted by Crippen LogP contribution is 2.31. The molecule has 2 aliphatic rings. The highest BCUT2D eigenvalue weighted by molar-refractivity contribution is 14.0. The Morgan fingerprint density at radius 2 is 2.00 bits per heavy atom. The van der Waals surface area contributed by atoms with E-state index in [0.717, 1.165) is 31.0 Å². The Hall–Kier alpha value is -0.0400. The van der Waals surface area contributed by atoms with E-state index in [1.54, 1.807) is 0 Å². The highest BCUT2D eigenvalue weighted by atomic mass is 127. The minimum atomic E-state index is 0. The first-order valence-corrected chi connectivity index (χ1v) is 9.51. The lowest BCUT2D eigenvalue weighted by molar-refractivity contribution is 0.315. The van der Waals surface area contributed by atoms with E-state index in [2.05, 4.69) is 36.3 Å². The molecule has 1 saturated carbocycles. The van der Waals surface area contributed by atoms with Crippen LogP contribution in [0.5, 0.6) is 0 Å². The molecule has 2 atom stereocenters. The number of unbranched alkanes of at least 4 members (excludes halogenated alkanes) is 2. The molecule has 0 aromatic carbocycles. The Balaban J connectivity index is 0.00000264. The number of halogens is 1. The van der Waals surface area contributed by atoms with Crippen LogP contribution in [0.25, 0.3) is 0 Å². The van der Waals surface area contributed by atoms with Crippen LogP contribution < -0.4 is 10.6 Å². The molecule has 2 fully saturated rings. The number of aliphatic imine (C=N–C) groups is 1. The van der Waals surface area contributed by atoms with Crippen LogP contribution in [0.2, 0.25) is 0 Å². The molecule has 136 valence electrons. The fourth-order valence-electron chi connectivity index (χ4n) is 3.33.